The monoisotopic (exact) mass is 425 g/mol. The summed E-state index contributed by atoms with van der Waals surface area (Å²) in [4.78, 5) is 19.0. The van der Waals surface area contributed by atoms with Gasteiger partial charge in [-0.05, 0) is 66.8 Å². The van der Waals surface area contributed by atoms with Crippen molar-refractivity contribution in [2.24, 2.45) is 11.3 Å². The Morgan fingerprint density at radius 2 is 2.13 bits per heavy atom. The van der Waals surface area contributed by atoms with E-state index in [1.165, 1.54) is 29.0 Å². The van der Waals surface area contributed by atoms with E-state index in [2.05, 4.69) is 32.2 Å². The number of hydrogen-bond acceptors (Lipinski definition) is 4. The van der Waals surface area contributed by atoms with Crippen LogP contribution in [0.3, 0.4) is 0 Å². The van der Waals surface area contributed by atoms with Crippen molar-refractivity contribution in [3.8, 4) is 0 Å². The summed E-state index contributed by atoms with van der Waals surface area (Å²) in [5.74, 6) is -0.0980. The van der Waals surface area contributed by atoms with Crippen molar-refractivity contribution in [3.63, 3.8) is 0 Å². The van der Waals surface area contributed by atoms with E-state index in [0.717, 1.165) is 47.2 Å². The largest absolute Gasteiger partial charge is 0.397 e. The molecule has 4 nitrogen and oxygen atoms in total. The molecule has 0 saturated heterocycles. The van der Waals surface area contributed by atoms with Gasteiger partial charge in [0.25, 0.3) is 5.91 Å². The lowest BCUT2D eigenvalue weighted by Crippen LogP contribution is -2.29. The number of nitrogens with two attached hydrogens (primary N) is 1. The zero-order valence-corrected chi connectivity index (χ0v) is 18.8. The van der Waals surface area contributed by atoms with Crippen molar-refractivity contribution in [2.45, 2.75) is 53.4 Å². The number of carbonyl (C=O) groups is 1. The highest BCUT2D eigenvalue weighted by Crippen LogP contribution is 2.42. The number of aromatic nitrogens is 1. The van der Waals surface area contributed by atoms with Crippen molar-refractivity contribution < 1.29 is 9.18 Å². The second-order valence-corrected chi connectivity index (χ2v) is 9.99. The van der Waals surface area contributed by atoms with E-state index >= 15 is 0 Å². The van der Waals surface area contributed by atoms with Crippen molar-refractivity contribution in [1.29, 1.82) is 0 Å². The first-order valence-electron chi connectivity index (χ1n) is 10.5. The van der Waals surface area contributed by atoms with Gasteiger partial charge >= 0.3 is 0 Å². The number of pyridine rings is 1. The fraction of sp³-hybridized carbons (Fsp3) is 0.417. The molecule has 0 bridgehead atoms. The number of fused-ring (bicyclic) bond motifs is 2. The van der Waals surface area contributed by atoms with Crippen LogP contribution in [0.4, 0.5) is 15.8 Å². The number of aryl methyl sites for hydroxylation is 2. The van der Waals surface area contributed by atoms with Gasteiger partial charge in [-0.15, -0.1) is 11.3 Å². The molecule has 1 aliphatic rings. The Hall–Kier alpha value is -2.47. The molecule has 6 heteroatoms. The van der Waals surface area contributed by atoms with Crippen LogP contribution >= 0.6 is 11.3 Å². The minimum absolute atomic E-state index is 0.292. The molecule has 2 aromatic heterocycles. The number of nitrogens with one attached hydrogen (secondary N) is 1. The Morgan fingerprint density at radius 1 is 1.37 bits per heavy atom. The second kappa shape index (κ2) is 7.65. The topological polar surface area (TPSA) is 68.0 Å². The molecule has 2 heterocycles. The normalized spacial score (nSPS) is 16.5. The Morgan fingerprint density at radius 3 is 2.87 bits per heavy atom. The second-order valence-electron chi connectivity index (χ2n) is 8.99. The van der Waals surface area contributed by atoms with Crippen molar-refractivity contribution >= 4 is 38.8 Å². The zero-order chi connectivity index (χ0) is 21.6. The van der Waals surface area contributed by atoms with E-state index in [1.807, 2.05) is 6.92 Å². The number of rotatable bonds is 4. The first kappa shape index (κ1) is 20.8. The lowest BCUT2D eigenvalue weighted by Gasteiger charge is -2.36. The summed E-state index contributed by atoms with van der Waals surface area (Å²) in [6, 6.07) is 6.47. The highest BCUT2D eigenvalue weighted by Gasteiger charge is 2.32. The number of amides is 1. The number of carbonyl (C=O) groups excluding carboxylic acids is 1. The molecule has 1 aromatic carbocycles. The lowest BCUT2D eigenvalue weighted by atomic mass is 9.69. The molecule has 1 aliphatic carbocycles. The standard InChI is InChI=1S/C24H28FN3OS/c1-5-24(3,4)15-7-9-18-14(10-15)11-17-20(26)21(30-23(17)28-18)22(29)27-19-12-16(25)8-6-13(19)2/h6,8,11-12,15H,5,7,9-10,26H2,1-4H3,(H,27,29). The van der Waals surface area contributed by atoms with Gasteiger partial charge in [-0.2, -0.15) is 0 Å². The molecule has 0 fully saturated rings. The first-order chi connectivity index (χ1) is 14.2. The number of halogens is 1. The predicted molar refractivity (Wildman–Crippen MR) is 123 cm³/mol. The molecule has 3 N–H and O–H groups in total. The summed E-state index contributed by atoms with van der Waals surface area (Å²) in [7, 11) is 0. The van der Waals surface area contributed by atoms with Gasteiger partial charge in [0.15, 0.2) is 0 Å². The summed E-state index contributed by atoms with van der Waals surface area (Å²) in [5, 5.41) is 3.64. The third-order valence-electron chi connectivity index (χ3n) is 6.76. The average Bonchev–Trinajstić information content (AvgIpc) is 3.04. The van der Waals surface area contributed by atoms with Crippen molar-refractivity contribution in [2.75, 3.05) is 11.1 Å². The van der Waals surface area contributed by atoms with Crippen LogP contribution in [0.5, 0.6) is 0 Å². The molecule has 158 valence electrons. The molecule has 3 aromatic rings. The SMILES string of the molecule is CCC(C)(C)C1CCc2nc3sc(C(=O)Nc4cc(F)ccc4C)c(N)c3cc2C1. The number of hydrogen-bond donors (Lipinski definition) is 2. The van der Waals surface area contributed by atoms with E-state index in [9.17, 15) is 9.18 Å². The number of thiophene rings is 1. The van der Waals surface area contributed by atoms with Gasteiger partial charge in [-0.3, -0.25) is 4.79 Å². The Kier molecular flexibility index (Phi) is 5.30. The first-order valence-corrected chi connectivity index (χ1v) is 11.3. The van der Waals surface area contributed by atoms with Crippen molar-refractivity contribution in [1.82, 2.24) is 4.98 Å². The summed E-state index contributed by atoms with van der Waals surface area (Å²) < 4.78 is 13.6. The molecular formula is C24H28FN3OS. The smallest absolute Gasteiger partial charge is 0.267 e. The highest BCUT2D eigenvalue weighted by molar-refractivity contribution is 7.21. The van der Waals surface area contributed by atoms with E-state index in [4.69, 9.17) is 10.7 Å². The molecule has 30 heavy (non-hydrogen) atoms. The lowest BCUT2D eigenvalue weighted by molar-refractivity contribution is 0.103. The molecule has 0 spiro atoms. The minimum Gasteiger partial charge on any atom is -0.397 e. The Labute approximate surface area is 180 Å². The van der Waals surface area contributed by atoms with Crippen molar-refractivity contribution in [3.05, 3.63) is 51.8 Å². The van der Waals surface area contributed by atoms with Gasteiger partial charge in [-0.25, -0.2) is 9.37 Å². The van der Waals surface area contributed by atoms with E-state index in [-0.39, 0.29) is 11.7 Å². The maximum atomic E-state index is 13.6. The summed E-state index contributed by atoms with van der Waals surface area (Å²) in [5.41, 5.74) is 10.7. The molecule has 1 unspecified atom stereocenters. The zero-order valence-electron chi connectivity index (χ0n) is 17.9. The average molecular weight is 426 g/mol. The van der Waals surface area contributed by atoms with Gasteiger partial charge in [0, 0.05) is 16.8 Å². The van der Waals surface area contributed by atoms with E-state index in [0.29, 0.717) is 27.6 Å². The van der Waals surface area contributed by atoms with Crippen LogP contribution in [-0.2, 0) is 12.8 Å². The van der Waals surface area contributed by atoms with Gasteiger partial charge in [0.2, 0.25) is 0 Å². The molecule has 4 rings (SSSR count). The summed E-state index contributed by atoms with van der Waals surface area (Å²) in [6.07, 6.45) is 4.24. The Balaban J connectivity index is 1.66. The number of nitrogen functional groups attached to an aromatic ring is 1. The fourth-order valence-electron chi connectivity index (χ4n) is 4.22. The van der Waals surface area contributed by atoms with Crippen LogP contribution in [0.25, 0.3) is 10.2 Å². The third-order valence-corrected chi connectivity index (χ3v) is 7.87. The van der Waals surface area contributed by atoms with Crippen LogP contribution in [0, 0.1) is 24.1 Å². The van der Waals surface area contributed by atoms with Gasteiger partial charge in [-0.1, -0.05) is 33.3 Å². The van der Waals surface area contributed by atoms with Gasteiger partial charge < -0.3 is 11.1 Å². The maximum Gasteiger partial charge on any atom is 0.267 e. The number of benzene rings is 1. The molecule has 1 amide bonds. The molecule has 0 aliphatic heterocycles. The molecule has 1 atom stereocenters. The number of nitrogens with zero attached hydrogens (tertiary/aromatic N) is 1. The van der Waals surface area contributed by atoms with Crippen LogP contribution in [0.15, 0.2) is 24.3 Å². The summed E-state index contributed by atoms with van der Waals surface area (Å²) in [6.45, 7) is 8.75. The number of anilines is 2. The van der Waals surface area contributed by atoms with Crippen LogP contribution in [-0.4, -0.2) is 10.9 Å². The predicted octanol–water partition coefficient (Wildman–Crippen LogP) is 6.12. The van der Waals surface area contributed by atoms with Crippen LogP contribution < -0.4 is 11.1 Å². The Bertz CT molecular complexity index is 1140. The van der Waals surface area contributed by atoms with E-state index in [1.54, 1.807) is 6.07 Å². The molecule has 0 saturated carbocycles. The van der Waals surface area contributed by atoms with Crippen LogP contribution in [0.2, 0.25) is 0 Å². The van der Waals surface area contributed by atoms with E-state index < -0.39 is 0 Å². The molecular weight excluding hydrogens is 397 g/mol. The van der Waals surface area contributed by atoms with Gasteiger partial charge in [0.05, 0.1) is 5.69 Å². The van der Waals surface area contributed by atoms with Crippen LogP contribution in [0.1, 0.15) is 60.1 Å². The highest BCUT2D eigenvalue weighted by atomic mass is 32.1. The fourth-order valence-corrected chi connectivity index (χ4v) is 5.21. The minimum atomic E-state index is -0.390. The maximum absolute atomic E-state index is 13.6. The third kappa shape index (κ3) is 3.69. The molecule has 0 radical (unpaired) electrons. The summed E-state index contributed by atoms with van der Waals surface area (Å²) >= 11 is 1.30. The quantitative estimate of drug-likeness (QED) is 0.529. The van der Waals surface area contributed by atoms with Gasteiger partial charge in [0.1, 0.15) is 15.5 Å².